The zero-order valence-corrected chi connectivity index (χ0v) is 15.1. The van der Waals surface area contributed by atoms with Crippen LogP contribution in [0.2, 0.25) is 0 Å². The number of fused-ring (bicyclic) bond motifs is 1. The second-order valence-corrected chi connectivity index (χ2v) is 5.60. The van der Waals surface area contributed by atoms with E-state index in [9.17, 15) is 9.59 Å². The molecule has 0 spiro atoms. The zero-order chi connectivity index (χ0) is 19.4. The summed E-state index contributed by atoms with van der Waals surface area (Å²) in [7, 11) is 4.48. The van der Waals surface area contributed by atoms with E-state index in [-0.39, 0.29) is 12.2 Å². The van der Waals surface area contributed by atoms with Gasteiger partial charge in [0.05, 0.1) is 21.3 Å². The van der Waals surface area contributed by atoms with Crippen molar-refractivity contribution in [3.8, 4) is 17.2 Å². The molecule has 1 aromatic heterocycles. The van der Waals surface area contributed by atoms with E-state index < -0.39 is 11.6 Å². The van der Waals surface area contributed by atoms with E-state index in [0.717, 1.165) is 0 Å². The molecule has 0 saturated heterocycles. The normalized spacial score (nSPS) is 10.5. The average Bonchev–Trinajstić information content (AvgIpc) is 2.70. The topological polar surface area (TPSA) is 84.2 Å². The van der Waals surface area contributed by atoms with Crippen molar-refractivity contribution in [2.75, 3.05) is 21.3 Å². The maximum atomic E-state index is 12.5. The van der Waals surface area contributed by atoms with Crippen LogP contribution >= 0.6 is 0 Å². The number of carbonyl (C=O) groups excluding carboxylic acids is 1. The largest absolute Gasteiger partial charge is 0.497 e. The van der Waals surface area contributed by atoms with E-state index in [1.54, 1.807) is 30.3 Å². The van der Waals surface area contributed by atoms with E-state index in [4.69, 9.17) is 23.4 Å². The van der Waals surface area contributed by atoms with Crippen LogP contribution < -0.4 is 19.8 Å². The Hall–Kier alpha value is -3.48. The SMILES string of the molecule is COc1ccc(OC)c(C(=O)OCc2cc(=O)oc3cc(OC)ccc23)c1. The molecule has 0 N–H and O–H groups in total. The molecule has 0 aliphatic heterocycles. The van der Waals surface area contributed by atoms with Crippen molar-refractivity contribution in [3.05, 3.63) is 64.0 Å². The number of ether oxygens (including phenoxy) is 4. The number of carbonyl (C=O) groups is 1. The number of hydrogen-bond acceptors (Lipinski definition) is 7. The summed E-state index contributed by atoms with van der Waals surface area (Å²) in [5, 5.41) is 0.654. The number of benzene rings is 2. The lowest BCUT2D eigenvalue weighted by Gasteiger charge is -2.11. The Morgan fingerprint density at radius 1 is 0.926 bits per heavy atom. The molecule has 3 aromatic rings. The first-order chi connectivity index (χ1) is 13.0. The van der Waals surface area contributed by atoms with E-state index in [1.807, 2.05) is 0 Å². The fraction of sp³-hybridized carbons (Fsp3) is 0.200. The molecule has 1 heterocycles. The Balaban J connectivity index is 1.89. The first-order valence-electron chi connectivity index (χ1n) is 8.05. The fourth-order valence-electron chi connectivity index (χ4n) is 2.65. The Morgan fingerprint density at radius 2 is 1.63 bits per heavy atom. The van der Waals surface area contributed by atoms with Crippen LogP contribution in [0.1, 0.15) is 15.9 Å². The maximum absolute atomic E-state index is 12.5. The molecule has 3 rings (SSSR count). The highest BCUT2D eigenvalue weighted by molar-refractivity contribution is 5.93. The van der Waals surface area contributed by atoms with Crippen LogP contribution in [0.25, 0.3) is 11.0 Å². The summed E-state index contributed by atoms with van der Waals surface area (Å²) >= 11 is 0. The van der Waals surface area contributed by atoms with Gasteiger partial charge >= 0.3 is 11.6 Å². The van der Waals surface area contributed by atoms with Crippen molar-refractivity contribution in [1.82, 2.24) is 0 Å². The first kappa shape index (κ1) is 18.3. The Labute approximate surface area is 155 Å². The second-order valence-electron chi connectivity index (χ2n) is 5.60. The highest BCUT2D eigenvalue weighted by atomic mass is 16.5. The lowest BCUT2D eigenvalue weighted by Crippen LogP contribution is -2.09. The van der Waals surface area contributed by atoms with Gasteiger partial charge in [0.15, 0.2) is 0 Å². The maximum Gasteiger partial charge on any atom is 0.342 e. The lowest BCUT2D eigenvalue weighted by molar-refractivity contribution is 0.0469. The molecule has 0 saturated carbocycles. The van der Waals surface area contributed by atoms with Gasteiger partial charge in [-0.2, -0.15) is 0 Å². The van der Waals surface area contributed by atoms with Crippen molar-refractivity contribution in [1.29, 1.82) is 0 Å². The minimum absolute atomic E-state index is 0.104. The Kier molecular flexibility index (Phi) is 5.30. The number of esters is 1. The van der Waals surface area contributed by atoms with Gasteiger partial charge in [-0.25, -0.2) is 9.59 Å². The molecule has 7 nitrogen and oxygen atoms in total. The molecule has 0 unspecified atom stereocenters. The number of methoxy groups -OCH3 is 3. The van der Waals surface area contributed by atoms with Gasteiger partial charge < -0.3 is 23.4 Å². The Morgan fingerprint density at radius 3 is 2.33 bits per heavy atom. The van der Waals surface area contributed by atoms with Crippen LogP contribution in [0.3, 0.4) is 0 Å². The molecular weight excluding hydrogens is 352 g/mol. The minimum Gasteiger partial charge on any atom is -0.497 e. The van der Waals surface area contributed by atoms with Crippen LogP contribution in [0.15, 0.2) is 51.7 Å². The van der Waals surface area contributed by atoms with Gasteiger partial charge in [-0.05, 0) is 30.3 Å². The van der Waals surface area contributed by atoms with Crippen LogP contribution in [0.5, 0.6) is 17.2 Å². The third-order valence-corrected chi connectivity index (χ3v) is 4.02. The Bertz CT molecular complexity index is 1040. The third kappa shape index (κ3) is 3.87. The summed E-state index contributed by atoms with van der Waals surface area (Å²) in [5.74, 6) is 0.824. The highest BCUT2D eigenvalue weighted by Gasteiger charge is 2.16. The molecule has 140 valence electrons. The summed E-state index contributed by atoms with van der Waals surface area (Å²) in [6.07, 6.45) is 0. The standard InChI is InChI=1S/C20H18O7/c1-23-13-5-7-17(25-3)16(9-13)20(22)26-11-12-8-19(21)27-18-10-14(24-2)4-6-15(12)18/h4-10H,11H2,1-3H3. The summed E-state index contributed by atoms with van der Waals surface area (Å²) in [4.78, 5) is 24.3. The molecule has 0 aliphatic carbocycles. The smallest absolute Gasteiger partial charge is 0.342 e. The van der Waals surface area contributed by atoms with E-state index >= 15 is 0 Å². The van der Waals surface area contributed by atoms with Gasteiger partial charge in [0.25, 0.3) is 0 Å². The summed E-state index contributed by atoms with van der Waals surface area (Å²) in [6, 6.07) is 11.2. The van der Waals surface area contributed by atoms with Gasteiger partial charge in [-0.1, -0.05) is 0 Å². The molecule has 7 heteroatoms. The van der Waals surface area contributed by atoms with Crippen LogP contribution in [0.4, 0.5) is 0 Å². The van der Waals surface area contributed by atoms with E-state index in [1.165, 1.54) is 33.5 Å². The predicted octanol–water partition coefficient (Wildman–Crippen LogP) is 3.18. The van der Waals surface area contributed by atoms with Crippen LogP contribution in [0, 0.1) is 0 Å². The predicted molar refractivity (Wildman–Crippen MR) is 97.7 cm³/mol. The average molecular weight is 370 g/mol. The lowest BCUT2D eigenvalue weighted by atomic mass is 10.1. The molecule has 0 amide bonds. The molecule has 0 aliphatic rings. The van der Waals surface area contributed by atoms with E-state index in [2.05, 4.69) is 0 Å². The molecule has 0 atom stereocenters. The van der Waals surface area contributed by atoms with Crippen molar-refractivity contribution < 1.29 is 28.2 Å². The van der Waals surface area contributed by atoms with E-state index in [0.29, 0.717) is 33.8 Å². The van der Waals surface area contributed by atoms with Gasteiger partial charge in [0, 0.05) is 23.1 Å². The van der Waals surface area contributed by atoms with Crippen molar-refractivity contribution in [3.63, 3.8) is 0 Å². The monoisotopic (exact) mass is 370 g/mol. The molecule has 0 radical (unpaired) electrons. The quantitative estimate of drug-likeness (QED) is 0.487. The summed E-state index contributed by atoms with van der Waals surface area (Å²) in [5.41, 5.74) is 0.567. The summed E-state index contributed by atoms with van der Waals surface area (Å²) in [6.45, 7) is -0.104. The number of hydrogen-bond donors (Lipinski definition) is 0. The molecule has 0 fully saturated rings. The van der Waals surface area contributed by atoms with Gasteiger partial charge in [-0.3, -0.25) is 0 Å². The zero-order valence-electron chi connectivity index (χ0n) is 15.1. The highest BCUT2D eigenvalue weighted by Crippen LogP contribution is 2.26. The first-order valence-corrected chi connectivity index (χ1v) is 8.05. The van der Waals surface area contributed by atoms with Gasteiger partial charge in [0.1, 0.15) is 35.0 Å². The van der Waals surface area contributed by atoms with Crippen molar-refractivity contribution >= 4 is 16.9 Å². The third-order valence-electron chi connectivity index (χ3n) is 4.02. The minimum atomic E-state index is -0.597. The van der Waals surface area contributed by atoms with Crippen LogP contribution in [-0.4, -0.2) is 27.3 Å². The molecule has 2 aromatic carbocycles. The molecule has 27 heavy (non-hydrogen) atoms. The summed E-state index contributed by atoms with van der Waals surface area (Å²) < 4.78 is 26.0. The number of rotatable bonds is 6. The van der Waals surface area contributed by atoms with Gasteiger partial charge in [-0.15, -0.1) is 0 Å². The molecule has 0 bridgehead atoms. The van der Waals surface area contributed by atoms with Crippen molar-refractivity contribution in [2.24, 2.45) is 0 Å². The van der Waals surface area contributed by atoms with Crippen molar-refractivity contribution in [2.45, 2.75) is 6.61 Å². The van der Waals surface area contributed by atoms with Gasteiger partial charge in [0.2, 0.25) is 0 Å². The fourth-order valence-corrected chi connectivity index (χ4v) is 2.65. The van der Waals surface area contributed by atoms with Crippen LogP contribution in [-0.2, 0) is 11.3 Å². The second kappa shape index (κ2) is 7.82. The molecular formula is C20H18O7.